The van der Waals surface area contributed by atoms with Crippen LogP contribution in [0.25, 0.3) is 0 Å². The molecule has 3 heteroatoms. The third-order valence-electron chi connectivity index (χ3n) is 2.41. The minimum Gasteiger partial charge on any atom is -0.481 e. The Morgan fingerprint density at radius 2 is 2.00 bits per heavy atom. The predicted molar refractivity (Wildman–Crippen MR) is 59.4 cm³/mol. The van der Waals surface area contributed by atoms with Gasteiger partial charge in [-0.05, 0) is 17.9 Å². The number of carbonyl (C=O) groups is 1. The lowest BCUT2D eigenvalue weighted by Gasteiger charge is -2.15. The van der Waals surface area contributed by atoms with E-state index in [0.717, 1.165) is 5.56 Å². The Hall–Kier alpha value is -1.35. The lowest BCUT2D eigenvalue weighted by molar-refractivity contribution is -0.138. The van der Waals surface area contributed by atoms with Crippen molar-refractivity contribution in [3.05, 3.63) is 35.9 Å². The molecule has 0 saturated carbocycles. The average molecular weight is 207 g/mol. The number of carboxylic acids is 1. The summed E-state index contributed by atoms with van der Waals surface area (Å²) in [6.07, 6.45) is 0.886. The molecule has 0 aliphatic heterocycles. The highest BCUT2D eigenvalue weighted by atomic mass is 16.4. The molecular weight excluding hydrogens is 190 g/mol. The number of aliphatic carboxylic acids is 1. The first-order valence-electron chi connectivity index (χ1n) is 5.12. The van der Waals surface area contributed by atoms with Gasteiger partial charge in [0.15, 0.2) is 0 Å². The topological polar surface area (TPSA) is 63.3 Å². The fraction of sp³-hybridized carbons (Fsp3) is 0.417. The van der Waals surface area contributed by atoms with Crippen LogP contribution in [0.4, 0.5) is 0 Å². The summed E-state index contributed by atoms with van der Waals surface area (Å²) in [5, 5.41) is 8.63. The number of carboxylic acid groups (broad SMARTS) is 1. The van der Waals surface area contributed by atoms with Crippen molar-refractivity contribution in [3.63, 3.8) is 0 Å². The summed E-state index contributed by atoms with van der Waals surface area (Å²) < 4.78 is 0. The molecule has 0 spiro atoms. The number of benzene rings is 1. The van der Waals surface area contributed by atoms with E-state index < -0.39 is 5.97 Å². The van der Waals surface area contributed by atoms with Gasteiger partial charge in [0.2, 0.25) is 0 Å². The van der Waals surface area contributed by atoms with Crippen molar-refractivity contribution in [2.75, 3.05) is 0 Å². The van der Waals surface area contributed by atoms with Crippen molar-refractivity contribution in [2.45, 2.75) is 25.8 Å². The van der Waals surface area contributed by atoms with E-state index in [1.165, 1.54) is 0 Å². The van der Waals surface area contributed by atoms with Gasteiger partial charge in [-0.2, -0.15) is 0 Å². The summed E-state index contributed by atoms with van der Waals surface area (Å²) in [7, 11) is 0. The van der Waals surface area contributed by atoms with E-state index in [1.54, 1.807) is 0 Å². The maximum atomic E-state index is 10.5. The van der Waals surface area contributed by atoms with E-state index in [-0.39, 0.29) is 18.4 Å². The summed E-state index contributed by atoms with van der Waals surface area (Å²) in [4.78, 5) is 10.5. The van der Waals surface area contributed by atoms with Crippen molar-refractivity contribution in [1.82, 2.24) is 0 Å². The van der Waals surface area contributed by atoms with Crippen molar-refractivity contribution in [3.8, 4) is 0 Å². The van der Waals surface area contributed by atoms with Crippen LogP contribution in [0.5, 0.6) is 0 Å². The van der Waals surface area contributed by atoms with Gasteiger partial charge in [-0.15, -0.1) is 0 Å². The lowest BCUT2D eigenvalue weighted by atomic mass is 9.94. The highest BCUT2D eigenvalue weighted by Crippen LogP contribution is 2.20. The van der Waals surface area contributed by atoms with E-state index in [9.17, 15) is 4.79 Å². The molecule has 1 aromatic carbocycles. The summed E-state index contributed by atoms with van der Waals surface area (Å²) in [6.45, 7) is 1.91. The molecule has 0 aliphatic rings. The van der Waals surface area contributed by atoms with Gasteiger partial charge >= 0.3 is 5.97 Å². The second-order valence-electron chi connectivity index (χ2n) is 3.96. The summed E-state index contributed by atoms with van der Waals surface area (Å²) in [5.41, 5.74) is 7.04. The van der Waals surface area contributed by atoms with Crippen LogP contribution in [-0.4, -0.2) is 11.1 Å². The van der Waals surface area contributed by atoms with E-state index in [2.05, 4.69) is 0 Å². The largest absolute Gasteiger partial charge is 0.481 e. The van der Waals surface area contributed by atoms with Crippen LogP contribution in [0.1, 0.15) is 31.4 Å². The van der Waals surface area contributed by atoms with E-state index in [1.807, 2.05) is 37.3 Å². The molecule has 15 heavy (non-hydrogen) atoms. The number of hydrogen-bond donors (Lipinski definition) is 2. The Bertz CT molecular complexity index is 311. The zero-order valence-electron chi connectivity index (χ0n) is 8.89. The third-order valence-corrected chi connectivity index (χ3v) is 2.41. The first-order chi connectivity index (χ1) is 7.09. The molecule has 0 aromatic heterocycles. The Morgan fingerprint density at radius 1 is 1.40 bits per heavy atom. The van der Waals surface area contributed by atoms with Crippen LogP contribution >= 0.6 is 0 Å². The lowest BCUT2D eigenvalue weighted by Crippen LogP contribution is -2.15. The number of nitrogens with two attached hydrogens (primary N) is 1. The van der Waals surface area contributed by atoms with Crippen LogP contribution in [-0.2, 0) is 4.79 Å². The summed E-state index contributed by atoms with van der Waals surface area (Å²) in [6, 6.07) is 9.70. The number of hydrogen-bond acceptors (Lipinski definition) is 2. The summed E-state index contributed by atoms with van der Waals surface area (Å²) in [5.74, 6) is -0.652. The first-order valence-corrected chi connectivity index (χ1v) is 5.12. The SMILES string of the molecule is CC(CC(=O)O)CC(N)c1ccccc1. The molecule has 0 heterocycles. The van der Waals surface area contributed by atoms with Gasteiger partial charge < -0.3 is 10.8 Å². The number of rotatable bonds is 5. The molecule has 0 aliphatic carbocycles. The van der Waals surface area contributed by atoms with Gasteiger partial charge in [0.25, 0.3) is 0 Å². The molecule has 0 radical (unpaired) electrons. The second kappa shape index (κ2) is 5.51. The quantitative estimate of drug-likeness (QED) is 0.777. The van der Waals surface area contributed by atoms with Crippen LogP contribution in [0, 0.1) is 5.92 Å². The minimum absolute atomic E-state index is 0.0689. The van der Waals surface area contributed by atoms with Crippen molar-refractivity contribution < 1.29 is 9.90 Å². The normalized spacial score (nSPS) is 14.5. The third kappa shape index (κ3) is 4.13. The highest BCUT2D eigenvalue weighted by molar-refractivity contribution is 5.66. The average Bonchev–Trinajstić information content (AvgIpc) is 2.17. The predicted octanol–water partition coefficient (Wildman–Crippen LogP) is 2.19. The Kier molecular flexibility index (Phi) is 4.31. The first kappa shape index (κ1) is 11.7. The van der Waals surface area contributed by atoms with E-state index >= 15 is 0 Å². The maximum Gasteiger partial charge on any atom is 0.303 e. The monoisotopic (exact) mass is 207 g/mol. The molecule has 3 N–H and O–H groups in total. The van der Waals surface area contributed by atoms with Gasteiger partial charge in [0.05, 0.1) is 0 Å². The Morgan fingerprint density at radius 3 is 2.53 bits per heavy atom. The van der Waals surface area contributed by atoms with Crippen LogP contribution < -0.4 is 5.73 Å². The van der Waals surface area contributed by atoms with Crippen molar-refractivity contribution in [1.29, 1.82) is 0 Å². The smallest absolute Gasteiger partial charge is 0.303 e. The minimum atomic E-state index is -0.761. The van der Waals surface area contributed by atoms with Crippen molar-refractivity contribution in [2.24, 2.45) is 11.7 Å². The van der Waals surface area contributed by atoms with E-state index in [0.29, 0.717) is 6.42 Å². The molecule has 0 bridgehead atoms. The zero-order valence-corrected chi connectivity index (χ0v) is 8.89. The fourth-order valence-corrected chi connectivity index (χ4v) is 1.65. The molecule has 2 unspecified atom stereocenters. The molecule has 0 saturated heterocycles. The van der Waals surface area contributed by atoms with Crippen LogP contribution in [0.3, 0.4) is 0 Å². The van der Waals surface area contributed by atoms with Gasteiger partial charge in [-0.25, -0.2) is 0 Å². The van der Waals surface area contributed by atoms with Crippen LogP contribution in [0.2, 0.25) is 0 Å². The molecule has 3 nitrogen and oxygen atoms in total. The molecule has 1 aromatic rings. The van der Waals surface area contributed by atoms with Crippen molar-refractivity contribution >= 4 is 5.97 Å². The molecular formula is C12H17NO2. The van der Waals surface area contributed by atoms with Gasteiger partial charge in [0.1, 0.15) is 0 Å². The standard InChI is InChI=1S/C12H17NO2/c1-9(8-12(14)15)7-11(13)10-5-3-2-4-6-10/h2-6,9,11H,7-8,13H2,1H3,(H,14,15). The molecule has 0 fully saturated rings. The van der Waals surface area contributed by atoms with Gasteiger partial charge in [-0.3, -0.25) is 4.79 Å². The van der Waals surface area contributed by atoms with Crippen LogP contribution in [0.15, 0.2) is 30.3 Å². The fourth-order valence-electron chi connectivity index (χ4n) is 1.65. The molecule has 2 atom stereocenters. The molecule has 1 rings (SSSR count). The molecule has 82 valence electrons. The highest BCUT2D eigenvalue weighted by Gasteiger charge is 2.13. The Labute approximate surface area is 89.9 Å². The zero-order chi connectivity index (χ0) is 11.3. The second-order valence-corrected chi connectivity index (χ2v) is 3.96. The maximum absolute atomic E-state index is 10.5. The van der Waals surface area contributed by atoms with E-state index in [4.69, 9.17) is 10.8 Å². The summed E-state index contributed by atoms with van der Waals surface area (Å²) >= 11 is 0. The van der Waals surface area contributed by atoms with Gasteiger partial charge in [0, 0.05) is 12.5 Å². The Balaban J connectivity index is 2.49. The van der Waals surface area contributed by atoms with Gasteiger partial charge in [-0.1, -0.05) is 37.3 Å². The molecule has 0 amide bonds.